The Balaban J connectivity index is 1.33. The van der Waals surface area contributed by atoms with Crippen LogP contribution in [-0.2, 0) is 16.0 Å². The number of nitrogens with zero attached hydrogens (tertiary/aromatic N) is 1. The van der Waals surface area contributed by atoms with Crippen molar-refractivity contribution in [3.63, 3.8) is 0 Å². The lowest BCUT2D eigenvalue weighted by atomic mass is 9.82. The minimum absolute atomic E-state index is 0.0269. The monoisotopic (exact) mass is 423 g/mol. The molecule has 0 radical (unpaired) electrons. The summed E-state index contributed by atoms with van der Waals surface area (Å²) in [5.41, 5.74) is 6.40. The molecule has 2 aliphatic heterocycles. The molecule has 1 aromatic carbocycles. The number of fused-ring (bicyclic) bond motifs is 2. The summed E-state index contributed by atoms with van der Waals surface area (Å²) in [6.07, 6.45) is 6.15. The first kappa shape index (κ1) is 21.2. The Morgan fingerprint density at radius 2 is 1.67 bits per heavy atom. The summed E-state index contributed by atoms with van der Waals surface area (Å²) in [4.78, 5) is 26.6. The summed E-state index contributed by atoms with van der Waals surface area (Å²) in [6, 6.07) is 1.15. The quantitative estimate of drug-likeness (QED) is 0.691. The first-order valence-electron chi connectivity index (χ1n) is 10.8. The molecule has 1 saturated carbocycles. The number of nitrogens with two attached hydrogens (primary N) is 1. The zero-order chi connectivity index (χ0) is 21.4. The van der Waals surface area contributed by atoms with Gasteiger partial charge in [-0.15, -0.1) is 0 Å². The third-order valence-electron chi connectivity index (χ3n) is 7.10. The van der Waals surface area contributed by atoms with Crippen molar-refractivity contribution in [2.75, 3.05) is 6.54 Å². The Morgan fingerprint density at radius 3 is 2.27 bits per heavy atom. The maximum absolute atomic E-state index is 14.0. The lowest BCUT2D eigenvalue weighted by Gasteiger charge is -2.41. The van der Waals surface area contributed by atoms with E-state index in [4.69, 9.17) is 5.73 Å². The Hall–Kier alpha value is -2.09. The minimum Gasteiger partial charge on any atom is -0.347 e. The molecule has 2 bridgehead atoms. The number of carbonyl (C=O) groups excluding carboxylic acids is 2. The Kier molecular flexibility index (Phi) is 6.04. The van der Waals surface area contributed by atoms with Crippen molar-refractivity contribution in [3.05, 3.63) is 35.1 Å². The first-order valence-corrected chi connectivity index (χ1v) is 10.8. The Morgan fingerprint density at radius 1 is 1.03 bits per heavy atom. The van der Waals surface area contributed by atoms with Gasteiger partial charge in [0, 0.05) is 30.1 Å². The molecule has 2 saturated heterocycles. The maximum atomic E-state index is 14.0. The predicted molar refractivity (Wildman–Crippen MR) is 105 cm³/mol. The van der Waals surface area contributed by atoms with Gasteiger partial charge in [-0.25, -0.2) is 13.2 Å². The molecule has 0 spiro atoms. The molecule has 3 fully saturated rings. The number of hydrogen-bond donors (Lipinski definition) is 2. The SMILES string of the molecule is N[C@H](Cc1cc(F)c(F)cc1F)[C@@H]1C[C@H]2CC[C@@H](C1)N2C(=O)CNC(=O)C1CCC1. The van der Waals surface area contributed by atoms with Crippen LogP contribution in [0.4, 0.5) is 13.2 Å². The standard InChI is InChI=1S/C22H28F3N3O2/c23-17-10-19(25)18(24)8-13(17)9-20(26)14-6-15-4-5-16(7-14)28(15)21(29)11-27-22(30)12-2-1-3-12/h8,10,12,14-16,20H,1-7,9,11,26H2,(H,27,30)/t14-,15-,16+,20-/m1/s1. The molecule has 0 aromatic heterocycles. The second-order valence-corrected chi connectivity index (χ2v) is 8.99. The van der Waals surface area contributed by atoms with Crippen LogP contribution in [0.2, 0.25) is 0 Å². The highest BCUT2D eigenvalue weighted by atomic mass is 19.2. The number of halogens is 3. The van der Waals surface area contributed by atoms with Gasteiger partial charge in [0.05, 0.1) is 6.54 Å². The lowest BCUT2D eigenvalue weighted by molar-refractivity contribution is -0.138. The van der Waals surface area contributed by atoms with E-state index in [9.17, 15) is 22.8 Å². The van der Waals surface area contributed by atoms with Crippen molar-refractivity contribution in [3.8, 4) is 0 Å². The molecule has 4 rings (SSSR count). The topological polar surface area (TPSA) is 75.4 Å². The van der Waals surface area contributed by atoms with Gasteiger partial charge in [-0.3, -0.25) is 9.59 Å². The second kappa shape index (κ2) is 8.57. The first-order chi connectivity index (χ1) is 14.3. The summed E-state index contributed by atoms with van der Waals surface area (Å²) < 4.78 is 40.6. The largest absolute Gasteiger partial charge is 0.347 e. The summed E-state index contributed by atoms with van der Waals surface area (Å²) in [5, 5.41) is 2.77. The van der Waals surface area contributed by atoms with Crippen molar-refractivity contribution in [1.29, 1.82) is 0 Å². The van der Waals surface area contributed by atoms with Crippen molar-refractivity contribution in [1.82, 2.24) is 10.2 Å². The second-order valence-electron chi connectivity index (χ2n) is 8.99. The average Bonchev–Trinajstić information content (AvgIpc) is 2.92. The highest BCUT2D eigenvalue weighted by Crippen LogP contribution is 2.40. The van der Waals surface area contributed by atoms with Gasteiger partial charge in [-0.05, 0) is 62.5 Å². The summed E-state index contributed by atoms with van der Waals surface area (Å²) in [5.74, 6) is -3.05. The summed E-state index contributed by atoms with van der Waals surface area (Å²) in [7, 11) is 0. The van der Waals surface area contributed by atoms with Crippen molar-refractivity contribution in [2.45, 2.75) is 69.5 Å². The molecule has 5 nitrogen and oxygen atoms in total. The van der Waals surface area contributed by atoms with E-state index in [0.29, 0.717) is 18.9 Å². The average molecular weight is 423 g/mol. The molecule has 4 atom stereocenters. The normalized spacial score (nSPS) is 26.9. The number of piperidine rings is 1. The Bertz CT molecular complexity index is 816. The summed E-state index contributed by atoms with van der Waals surface area (Å²) >= 11 is 0. The van der Waals surface area contributed by atoms with E-state index >= 15 is 0 Å². The van der Waals surface area contributed by atoms with E-state index in [0.717, 1.165) is 38.2 Å². The molecule has 3 N–H and O–H groups in total. The fourth-order valence-electron chi connectivity index (χ4n) is 5.19. The predicted octanol–water partition coefficient (Wildman–Crippen LogP) is 2.66. The lowest BCUT2D eigenvalue weighted by Crippen LogP contribution is -2.53. The van der Waals surface area contributed by atoms with Crippen LogP contribution in [0, 0.1) is 29.3 Å². The van der Waals surface area contributed by atoms with Crippen molar-refractivity contribution < 1.29 is 22.8 Å². The molecular formula is C22H28F3N3O2. The van der Waals surface area contributed by atoms with Crippen LogP contribution in [0.15, 0.2) is 12.1 Å². The molecule has 30 heavy (non-hydrogen) atoms. The minimum atomic E-state index is -1.21. The van der Waals surface area contributed by atoms with Gasteiger partial charge in [-0.1, -0.05) is 6.42 Å². The smallest absolute Gasteiger partial charge is 0.242 e. The molecule has 8 heteroatoms. The van der Waals surface area contributed by atoms with Crippen molar-refractivity contribution >= 4 is 11.8 Å². The highest BCUT2D eigenvalue weighted by Gasteiger charge is 2.44. The van der Waals surface area contributed by atoms with Gasteiger partial charge in [0.25, 0.3) is 0 Å². The van der Waals surface area contributed by atoms with Gasteiger partial charge in [0.2, 0.25) is 11.8 Å². The third-order valence-corrected chi connectivity index (χ3v) is 7.10. The third kappa shape index (κ3) is 4.19. The van der Waals surface area contributed by atoms with Crippen molar-refractivity contribution in [2.24, 2.45) is 17.6 Å². The molecule has 164 valence electrons. The van der Waals surface area contributed by atoms with E-state index in [1.54, 1.807) is 0 Å². The van der Waals surface area contributed by atoms with E-state index < -0.39 is 23.5 Å². The fraction of sp³-hybridized carbons (Fsp3) is 0.636. The number of hydrogen-bond acceptors (Lipinski definition) is 3. The zero-order valence-electron chi connectivity index (χ0n) is 16.9. The maximum Gasteiger partial charge on any atom is 0.242 e. The molecule has 3 aliphatic rings. The van der Waals surface area contributed by atoms with E-state index in [1.165, 1.54) is 0 Å². The van der Waals surface area contributed by atoms with Gasteiger partial charge in [-0.2, -0.15) is 0 Å². The molecular weight excluding hydrogens is 395 g/mol. The molecule has 1 aromatic rings. The number of rotatable bonds is 6. The Labute approximate surface area is 174 Å². The van der Waals surface area contributed by atoms with Gasteiger partial charge in [0.15, 0.2) is 11.6 Å². The van der Waals surface area contributed by atoms with E-state index in [-0.39, 0.29) is 54.3 Å². The molecule has 1 aliphatic carbocycles. The highest BCUT2D eigenvalue weighted by molar-refractivity contribution is 5.86. The number of carbonyl (C=O) groups is 2. The molecule has 0 unspecified atom stereocenters. The van der Waals surface area contributed by atoms with Crippen LogP contribution in [0.5, 0.6) is 0 Å². The zero-order valence-corrected chi connectivity index (χ0v) is 16.9. The van der Waals surface area contributed by atoms with Crippen LogP contribution in [0.25, 0.3) is 0 Å². The van der Waals surface area contributed by atoms with Gasteiger partial charge in [0.1, 0.15) is 5.82 Å². The number of amides is 2. The molecule has 2 heterocycles. The van der Waals surface area contributed by atoms with Gasteiger partial charge >= 0.3 is 0 Å². The molecule has 2 amide bonds. The van der Waals surface area contributed by atoms with E-state index in [2.05, 4.69) is 5.32 Å². The number of nitrogens with one attached hydrogen (secondary N) is 1. The van der Waals surface area contributed by atoms with E-state index in [1.807, 2.05) is 4.90 Å². The fourth-order valence-corrected chi connectivity index (χ4v) is 5.19. The van der Waals surface area contributed by atoms with Crippen LogP contribution >= 0.6 is 0 Å². The number of benzene rings is 1. The van der Waals surface area contributed by atoms with Crippen LogP contribution in [0.1, 0.15) is 50.5 Å². The van der Waals surface area contributed by atoms with Crippen LogP contribution < -0.4 is 11.1 Å². The van der Waals surface area contributed by atoms with Crippen LogP contribution in [-0.4, -0.2) is 41.4 Å². The van der Waals surface area contributed by atoms with Gasteiger partial charge < -0.3 is 16.0 Å². The van der Waals surface area contributed by atoms with Crippen LogP contribution in [0.3, 0.4) is 0 Å². The summed E-state index contributed by atoms with van der Waals surface area (Å²) in [6.45, 7) is 0.0269.